The number of aliphatic carboxylic acids is 1. The van der Waals surface area contributed by atoms with Crippen LogP contribution in [0.2, 0.25) is 0 Å². The third kappa shape index (κ3) is 3.38. The second-order valence-corrected chi connectivity index (χ2v) is 8.95. The zero-order valence-corrected chi connectivity index (χ0v) is 16.0. The number of carbonyl (C=O) groups excluding carboxylic acids is 1. The largest absolute Gasteiger partial charge is 0.480 e. The maximum atomic E-state index is 13.4. The van der Waals surface area contributed by atoms with Gasteiger partial charge in [-0.2, -0.15) is 0 Å². The SMILES string of the molecule is O=C(O)CN(C(=O)c1cc([N+](=O)[O-])cc([N+](=O)[O-])c1)C12CC3CC(CC(O)(C3)C1)C2. The van der Waals surface area contributed by atoms with E-state index < -0.39 is 50.8 Å². The summed E-state index contributed by atoms with van der Waals surface area (Å²) in [5, 5.41) is 42.8. The third-order valence-corrected chi connectivity index (χ3v) is 6.68. The molecule has 0 radical (unpaired) electrons. The fourth-order valence-corrected chi connectivity index (χ4v) is 6.16. The smallest absolute Gasteiger partial charge is 0.323 e. The van der Waals surface area contributed by atoms with Gasteiger partial charge in [0.25, 0.3) is 17.3 Å². The van der Waals surface area contributed by atoms with Crippen molar-refractivity contribution >= 4 is 23.3 Å². The molecule has 2 unspecified atom stereocenters. The Morgan fingerprint density at radius 2 is 1.57 bits per heavy atom. The van der Waals surface area contributed by atoms with Gasteiger partial charge >= 0.3 is 5.97 Å². The van der Waals surface area contributed by atoms with Crippen LogP contribution in [-0.2, 0) is 4.79 Å². The van der Waals surface area contributed by atoms with Crippen molar-refractivity contribution in [2.24, 2.45) is 11.8 Å². The average Bonchev–Trinajstić information content (AvgIpc) is 2.62. The Hall–Kier alpha value is -3.08. The molecule has 4 bridgehead atoms. The number of nitrogens with zero attached hydrogens (tertiary/aromatic N) is 3. The number of carboxylic acids is 1. The Kier molecular flexibility index (Phi) is 4.53. The van der Waals surface area contributed by atoms with Gasteiger partial charge in [-0.1, -0.05) is 0 Å². The number of rotatable bonds is 6. The first-order valence-corrected chi connectivity index (χ1v) is 9.70. The molecular weight excluding hydrogens is 398 g/mol. The molecule has 4 fully saturated rings. The lowest BCUT2D eigenvalue weighted by Gasteiger charge is -2.63. The van der Waals surface area contributed by atoms with E-state index >= 15 is 0 Å². The number of nitro groups is 2. The van der Waals surface area contributed by atoms with E-state index in [-0.39, 0.29) is 23.8 Å². The van der Waals surface area contributed by atoms with Gasteiger partial charge in [0, 0.05) is 17.7 Å². The predicted octanol–water partition coefficient (Wildman–Crippen LogP) is 2.11. The number of amides is 1. The minimum Gasteiger partial charge on any atom is -0.480 e. The van der Waals surface area contributed by atoms with Gasteiger partial charge in [-0.25, -0.2) is 0 Å². The molecule has 11 nitrogen and oxygen atoms in total. The lowest BCUT2D eigenvalue weighted by atomic mass is 9.50. The number of nitro benzene ring substituents is 2. The van der Waals surface area contributed by atoms with E-state index in [2.05, 4.69) is 0 Å². The monoisotopic (exact) mass is 419 g/mol. The number of aliphatic hydroxyl groups is 1. The number of carbonyl (C=O) groups is 2. The molecule has 0 heterocycles. The van der Waals surface area contributed by atoms with Gasteiger partial charge < -0.3 is 15.1 Å². The fourth-order valence-electron chi connectivity index (χ4n) is 6.16. The number of benzene rings is 1. The fraction of sp³-hybridized carbons (Fsp3) is 0.579. The third-order valence-electron chi connectivity index (χ3n) is 6.68. The van der Waals surface area contributed by atoms with Crippen molar-refractivity contribution in [1.29, 1.82) is 0 Å². The average molecular weight is 419 g/mol. The molecule has 4 saturated carbocycles. The van der Waals surface area contributed by atoms with Crippen LogP contribution >= 0.6 is 0 Å². The molecule has 0 spiro atoms. The van der Waals surface area contributed by atoms with E-state index in [1.54, 1.807) is 0 Å². The van der Waals surface area contributed by atoms with Crippen molar-refractivity contribution in [2.75, 3.05) is 6.54 Å². The maximum Gasteiger partial charge on any atom is 0.323 e. The molecular formula is C19H21N3O8. The highest BCUT2D eigenvalue weighted by Crippen LogP contribution is 2.59. The van der Waals surface area contributed by atoms with Gasteiger partial charge in [0.05, 0.1) is 27.1 Å². The molecule has 1 aromatic rings. The van der Waals surface area contributed by atoms with Crippen LogP contribution in [0.4, 0.5) is 11.4 Å². The summed E-state index contributed by atoms with van der Waals surface area (Å²) < 4.78 is 0. The Balaban J connectivity index is 1.77. The summed E-state index contributed by atoms with van der Waals surface area (Å²) in [6.45, 7) is -0.648. The van der Waals surface area contributed by atoms with Crippen molar-refractivity contribution < 1.29 is 29.6 Å². The Morgan fingerprint density at radius 3 is 2.00 bits per heavy atom. The summed E-state index contributed by atoms with van der Waals surface area (Å²) in [6, 6.07) is 2.62. The standard InChI is InChI=1S/C19H21N3O8/c23-16(24)9-20(18-5-11-1-12(6-18)8-19(26,7-11)10-18)17(25)13-2-14(21(27)28)4-15(3-13)22(29)30/h2-4,11-12,26H,1,5-10H2,(H,23,24). The van der Waals surface area contributed by atoms with Crippen LogP contribution in [0.5, 0.6) is 0 Å². The highest BCUT2D eigenvalue weighted by Gasteiger charge is 2.60. The van der Waals surface area contributed by atoms with Crippen LogP contribution in [-0.4, -0.2) is 54.5 Å². The molecule has 2 atom stereocenters. The quantitative estimate of drug-likeness (QED) is 0.523. The van der Waals surface area contributed by atoms with Crippen LogP contribution in [0, 0.1) is 32.1 Å². The summed E-state index contributed by atoms with van der Waals surface area (Å²) in [6.07, 6.45) is 3.47. The predicted molar refractivity (Wildman–Crippen MR) is 101 cm³/mol. The summed E-state index contributed by atoms with van der Waals surface area (Å²) in [4.78, 5) is 46.9. The molecule has 30 heavy (non-hydrogen) atoms. The van der Waals surface area contributed by atoms with Crippen LogP contribution in [0.25, 0.3) is 0 Å². The van der Waals surface area contributed by atoms with Crippen LogP contribution < -0.4 is 0 Å². The lowest BCUT2D eigenvalue weighted by Crippen LogP contribution is -2.67. The molecule has 0 aromatic heterocycles. The van der Waals surface area contributed by atoms with Gasteiger partial charge in [0.1, 0.15) is 6.54 Å². The molecule has 5 rings (SSSR count). The second-order valence-electron chi connectivity index (χ2n) is 8.95. The topological polar surface area (TPSA) is 164 Å². The van der Waals surface area contributed by atoms with Crippen molar-refractivity contribution in [2.45, 2.75) is 49.7 Å². The van der Waals surface area contributed by atoms with Crippen molar-refractivity contribution in [3.05, 3.63) is 44.0 Å². The molecule has 160 valence electrons. The molecule has 4 aliphatic rings. The van der Waals surface area contributed by atoms with Crippen molar-refractivity contribution in [3.8, 4) is 0 Å². The molecule has 2 N–H and O–H groups in total. The van der Waals surface area contributed by atoms with Gasteiger partial charge in [0.15, 0.2) is 0 Å². The van der Waals surface area contributed by atoms with E-state index in [0.717, 1.165) is 24.6 Å². The van der Waals surface area contributed by atoms with Crippen molar-refractivity contribution in [1.82, 2.24) is 4.90 Å². The van der Waals surface area contributed by atoms with Gasteiger partial charge in [-0.15, -0.1) is 0 Å². The van der Waals surface area contributed by atoms with Crippen LogP contribution in [0.15, 0.2) is 18.2 Å². The molecule has 0 aliphatic heterocycles. The van der Waals surface area contributed by atoms with E-state index in [1.807, 2.05) is 0 Å². The number of hydrogen-bond acceptors (Lipinski definition) is 7. The zero-order valence-electron chi connectivity index (χ0n) is 16.0. The summed E-state index contributed by atoms with van der Waals surface area (Å²) >= 11 is 0. The Bertz CT molecular complexity index is 915. The van der Waals surface area contributed by atoms with Crippen LogP contribution in [0.1, 0.15) is 48.9 Å². The first kappa shape index (κ1) is 20.2. The first-order chi connectivity index (χ1) is 14.0. The van der Waals surface area contributed by atoms with E-state index in [9.17, 15) is 40.0 Å². The van der Waals surface area contributed by atoms with Gasteiger partial charge in [-0.05, 0) is 50.4 Å². The van der Waals surface area contributed by atoms with E-state index in [1.165, 1.54) is 4.90 Å². The maximum absolute atomic E-state index is 13.4. The van der Waals surface area contributed by atoms with Gasteiger partial charge in [-0.3, -0.25) is 29.8 Å². The van der Waals surface area contributed by atoms with E-state index in [0.29, 0.717) is 25.7 Å². The summed E-state index contributed by atoms with van der Waals surface area (Å²) in [5.41, 5.74) is -3.39. The molecule has 4 aliphatic carbocycles. The summed E-state index contributed by atoms with van der Waals surface area (Å²) in [7, 11) is 0. The minimum absolute atomic E-state index is 0.166. The van der Waals surface area contributed by atoms with E-state index in [4.69, 9.17) is 0 Å². The number of hydrogen-bond donors (Lipinski definition) is 2. The highest BCUT2D eigenvalue weighted by atomic mass is 16.6. The van der Waals surface area contributed by atoms with Gasteiger partial charge in [0.2, 0.25) is 0 Å². The van der Waals surface area contributed by atoms with Crippen LogP contribution in [0.3, 0.4) is 0 Å². The number of non-ortho nitro benzene ring substituents is 2. The highest BCUT2D eigenvalue weighted by molar-refractivity contribution is 5.97. The molecule has 1 aromatic carbocycles. The van der Waals surface area contributed by atoms with Crippen molar-refractivity contribution in [3.63, 3.8) is 0 Å². The summed E-state index contributed by atoms with van der Waals surface area (Å²) in [5.74, 6) is -1.74. The Labute approximate surface area is 170 Å². The molecule has 0 saturated heterocycles. The minimum atomic E-state index is -1.26. The first-order valence-electron chi connectivity index (χ1n) is 9.70. The lowest BCUT2D eigenvalue weighted by molar-refractivity contribution is -0.394. The normalized spacial score (nSPS) is 31.4. The second kappa shape index (κ2) is 6.73. The molecule has 1 amide bonds. The Morgan fingerprint density at radius 1 is 1.03 bits per heavy atom. The number of carboxylic acid groups (broad SMARTS) is 1. The zero-order chi connectivity index (χ0) is 21.8. The molecule has 11 heteroatoms.